The lowest BCUT2D eigenvalue weighted by Crippen LogP contribution is -2.23. The summed E-state index contributed by atoms with van der Waals surface area (Å²) in [4.78, 5) is 2.36. The van der Waals surface area contributed by atoms with Crippen LogP contribution in [0.1, 0.15) is 11.7 Å². The highest BCUT2D eigenvalue weighted by atomic mass is 15.3. The van der Waals surface area contributed by atoms with E-state index in [1.54, 1.807) is 0 Å². The van der Waals surface area contributed by atoms with Gasteiger partial charge in [-0.1, -0.05) is 60.1 Å². The summed E-state index contributed by atoms with van der Waals surface area (Å²) in [5.41, 5.74) is 6.15. The zero-order chi connectivity index (χ0) is 14.9. The molecule has 0 bridgehead atoms. The monoisotopic (exact) mass is 284 g/mol. The van der Waals surface area contributed by atoms with Crippen molar-refractivity contribution in [2.45, 2.75) is 6.17 Å². The minimum atomic E-state index is 0.125. The molecule has 22 heavy (non-hydrogen) atoms. The Balaban J connectivity index is 1.83. The number of nitrogens with one attached hydrogen (secondary N) is 1. The third kappa shape index (κ3) is 2.15. The van der Waals surface area contributed by atoms with E-state index in [2.05, 4.69) is 96.9 Å². The van der Waals surface area contributed by atoms with Crippen LogP contribution < -0.4 is 15.7 Å². The molecule has 106 valence electrons. The van der Waals surface area contributed by atoms with Crippen LogP contribution in [0.15, 0.2) is 78.9 Å². The maximum atomic E-state index is 3.64. The van der Waals surface area contributed by atoms with Gasteiger partial charge in [0.25, 0.3) is 0 Å². The van der Waals surface area contributed by atoms with Gasteiger partial charge in [-0.25, -0.2) is 0 Å². The van der Waals surface area contributed by atoms with Crippen LogP contribution in [0.25, 0.3) is 0 Å². The van der Waals surface area contributed by atoms with E-state index in [1.165, 1.54) is 28.1 Å². The number of anilines is 3. The second-order valence-corrected chi connectivity index (χ2v) is 5.68. The molecule has 0 spiro atoms. The number of fused-ring (bicyclic) bond motifs is 1. The smallest absolute Gasteiger partial charge is 0.139 e. The molecule has 0 fully saturated rings. The number of hydrogen-bond donors (Lipinski definition) is 1. The fourth-order valence-electron chi connectivity index (χ4n) is 3.01. The molecule has 3 aromatic rings. The number of para-hydroxylation sites is 3. The van der Waals surface area contributed by atoms with Crippen LogP contribution >= 0.6 is 0 Å². The second kappa shape index (κ2) is 5.26. The molecule has 0 aliphatic carbocycles. The van der Waals surface area contributed by atoms with E-state index in [0.29, 0.717) is 0 Å². The molecule has 0 saturated heterocycles. The molecule has 1 unspecified atom stereocenters. The van der Waals surface area contributed by atoms with Gasteiger partial charge in [-0.05, 0) is 29.8 Å². The van der Waals surface area contributed by atoms with Crippen LogP contribution in [0.4, 0.5) is 17.1 Å². The quantitative estimate of drug-likeness (QED) is 0.727. The Bertz CT molecular complexity index is 784. The number of benzene rings is 3. The second-order valence-electron chi connectivity index (χ2n) is 5.68. The van der Waals surface area contributed by atoms with Gasteiger partial charge in [0, 0.05) is 5.69 Å². The first-order valence-electron chi connectivity index (χ1n) is 7.59. The van der Waals surface area contributed by atoms with Crippen LogP contribution in [0, 0.1) is 0 Å². The van der Waals surface area contributed by atoms with Crippen molar-refractivity contribution in [1.82, 2.24) is 0 Å². The topological polar surface area (TPSA) is 15.3 Å². The van der Waals surface area contributed by atoms with E-state index < -0.39 is 0 Å². The molecule has 0 aromatic heterocycles. The molecule has 0 amide bonds. The first-order chi connectivity index (χ1) is 10.8. The molecule has 0 saturated carbocycles. The molecule has 1 N–H and O–H groups in total. The Hall–Kier alpha value is -2.68. The van der Waals surface area contributed by atoms with Crippen molar-refractivity contribution < 1.29 is 0 Å². The lowest BCUT2D eigenvalue weighted by molar-refractivity contribution is 0.829. The van der Waals surface area contributed by atoms with Crippen molar-refractivity contribution in [3.8, 4) is 0 Å². The van der Waals surface area contributed by atoms with Crippen molar-refractivity contribution in [3.05, 3.63) is 84.4 Å². The first kappa shape index (κ1) is 13.0. The highest BCUT2D eigenvalue weighted by molar-refractivity contribution is 6.32. The summed E-state index contributed by atoms with van der Waals surface area (Å²) >= 11 is 0. The molecule has 2 nitrogen and oxygen atoms in total. The first-order valence-corrected chi connectivity index (χ1v) is 7.59. The summed E-state index contributed by atoms with van der Waals surface area (Å²) in [6.45, 7) is 0. The van der Waals surface area contributed by atoms with Crippen LogP contribution in [0.3, 0.4) is 0 Å². The SMILES string of the molecule is Bc1ccc(C2Nc3ccccc3N2c2ccccc2)cc1. The highest BCUT2D eigenvalue weighted by Gasteiger charge is 2.30. The van der Waals surface area contributed by atoms with Gasteiger partial charge in [-0.3, -0.25) is 0 Å². The van der Waals surface area contributed by atoms with Gasteiger partial charge in [-0.15, -0.1) is 0 Å². The van der Waals surface area contributed by atoms with Gasteiger partial charge in [0.1, 0.15) is 14.0 Å². The van der Waals surface area contributed by atoms with E-state index in [1.807, 2.05) is 0 Å². The number of rotatable bonds is 2. The van der Waals surface area contributed by atoms with Gasteiger partial charge >= 0.3 is 0 Å². The van der Waals surface area contributed by atoms with E-state index in [0.717, 1.165) is 0 Å². The summed E-state index contributed by atoms with van der Waals surface area (Å²) < 4.78 is 0. The summed E-state index contributed by atoms with van der Waals surface area (Å²) in [6, 6.07) is 27.8. The maximum absolute atomic E-state index is 3.64. The Morgan fingerprint density at radius 1 is 0.773 bits per heavy atom. The van der Waals surface area contributed by atoms with Crippen molar-refractivity contribution in [2.24, 2.45) is 0 Å². The number of hydrogen-bond acceptors (Lipinski definition) is 2. The van der Waals surface area contributed by atoms with Gasteiger partial charge in [-0.2, -0.15) is 0 Å². The fraction of sp³-hybridized carbons (Fsp3) is 0.0526. The average molecular weight is 284 g/mol. The van der Waals surface area contributed by atoms with Gasteiger partial charge in [0.05, 0.1) is 11.4 Å². The largest absolute Gasteiger partial charge is 0.359 e. The lowest BCUT2D eigenvalue weighted by Gasteiger charge is -2.27. The summed E-state index contributed by atoms with van der Waals surface area (Å²) in [5.74, 6) is 0. The minimum absolute atomic E-state index is 0.125. The summed E-state index contributed by atoms with van der Waals surface area (Å²) in [6.07, 6.45) is 0.125. The molecule has 0 radical (unpaired) electrons. The predicted molar refractivity (Wildman–Crippen MR) is 96.0 cm³/mol. The third-order valence-corrected chi connectivity index (χ3v) is 4.14. The Labute approximate surface area is 131 Å². The molecule has 1 aliphatic rings. The fourth-order valence-corrected chi connectivity index (χ4v) is 3.01. The molecular weight excluding hydrogens is 267 g/mol. The molecule has 1 atom stereocenters. The maximum Gasteiger partial charge on any atom is 0.139 e. The van der Waals surface area contributed by atoms with E-state index in [-0.39, 0.29) is 6.17 Å². The normalized spacial score (nSPS) is 16.2. The van der Waals surface area contributed by atoms with Crippen LogP contribution in [-0.4, -0.2) is 7.85 Å². The lowest BCUT2D eigenvalue weighted by atomic mass is 9.95. The van der Waals surface area contributed by atoms with Crippen molar-refractivity contribution in [1.29, 1.82) is 0 Å². The van der Waals surface area contributed by atoms with Gasteiger partial charge < -0.3 is 10.2 Å². The van der Waals surface area contributed by atoms with Crippen molar-refractivity contribution in [2.75, 3.05) is 10.2 Å². The predicted octanol–water partition coefficient (Wildman–Crippen LogP) is 3.21. The number of nitrogens with zero attached hydrogens (tertiary/aromatic N) is 1. The molecule has 1 aliphatic heterocycles. The zero-order valence-corrected chi connectivity index (χ0v) is 12.5. The molecule has 4 rings (SSSR count). The van der Waals surface area contributed by atoms with Gasteiger partial charge in [0.15, 0.2) is 0 Å². The van der Waals surface area contributed by atoms with E-state index >= 15 is 0 Å². The average Bonchev–Trinajstić information content (AvgIpc) is 2.96. The van der Waals surface area contributed by atoms with E-state index in [9.17, 15) is 0 Å². The molecule has 3 heteroatoms. The van der Waals surface area contributed by atoms with Crippen LogP contribution in [0.2, 0.25) is 0 Å². The van der Waals surface area contributed by atoms with Crippen LogP contribution in [-0.2, 0) is 0 Å². The van der Waals surface area contributed by atoms with Gasteiger partial charge in [0.2, 0.25) is 0 Å². The van der Waals surface area contributed by atoms with Crippen molar-refractivity contribution >= 4 is 30.4 Å². The zero-order valence-electron chi connectivity index (χ0n) is 12.5. The molecular formula is C19H17BN2. The summed E-state index contributed by atoms with van der Waals surface area (Å²) in [7, 11) is 2.12. The van der Waals surface area contributed by atoms with E-state index in [4.69, 9.17) is 0 Å². The Morgan fingerprint density at radius 2 is 1.45 bits per heavy atom. The molecule has 3 aromatic carbocycles. The highest BCUT2D eigenvalue weighted by Crippen LogP contribution is 2.45. The standard InChI is InChI=1S/C19H17BN2/c20-15-12-10-14(11-13-15)19-21-17-8-4-5-9-18(17)22(19)16-6-2-1-3-7-16/h1-13,19,21H,20H2. The minimum Gasteiger partial charge on any atom is -0.359 e. The Morgan fingerprint density at radius 3 is 2.23 bits per heavy atom. The van der Waals surface area contributed by atoms with Crippen molar-refractivity contribution in [3.63, 3.8) is 0 Å². The summed E-state index contributed by atoms with van der Waals surface area (Å²) in [5, 5.41) is 3.64. The molecule has 1 heterocycles. The van der Waals surface area contributed by atoms with Crippen LogP contribution in [0.5, 0.6) is 0 Å². The Kier molecular flexibility index (Phi) is 3.12. The third-order valence-electron chi connectivity index (χ3n) is 4.14.